The molecule has 0 aliphatic carbocycles. The van der Waals surface area contributed by atoms with Crippen LogP contribution in [0.25, 0.3) is 5.70 Å². The van der Waals surface area contributed by atoms with Crippen LogP contribution in [0.2, 0.25) is 0 Å². The number of rotatable bonds is 8. The normalized spacial score (nSPS) is 12.4. The maximum absolute atomic E-state index is 9.68. The van der Waals surface area contributed by atoms with Gasteiger partial charge in [0, 0.05) is 23.9 Å². The number of nitrogens with one attached hydrogen (secondary N) is 3. The number of anilines is 2. The van der Waals surface area contributed by atoms with Crippen molar-refractivity contribution < 1.29 is 14.6 Å². The van der Waals surface area contributed by atoms with E-state index in [1.807, 2.05) is 66.3 Å². The van der Waals surface area contributed by atoms with E-state index in [2.05, 4.69) is 22.1 Å². The molecule has 0 bridgehead atoms. The van der Waals surface area contributed by atoms with Gasteiger partial charge in [-0.2, -0.15) is 5.26 Å². The van der Waals surface area contributed by atoms with Crippen molar-refractivity contribution in [1.82, 2.24) is 4.68 Å². The van der Waals surface area contributed by atoms with Crippen LogP contribution in [0.5, 0.6) is 17.2 Å². The Kier molecular flexibility index (Phi) is 6.19. The van der Waals surface area contributed by atoms with Gasteiger partial charge in [0.05, 0.1) is 55.2 Å². The molecule has 0 saturated heterocycles. The molecule has 0 atom stereocenters. The number of aliphatic hydroxyl groups is 1. The maximum atomic E-state index is 9.68. The molecule has 0 amide bonds. The summed E-state index contributed by atoms with van der Waals surface area (Å²) in [6.07, 6.45) is 1.93. The Hall–Kier alpha value is -4.09. The first kappa shape index (κ1) is 21.2. The first-order valence-electron chi connectivity index (χ1n) is 10.3. The molecule has 4 N–H and O–H groups in total. The third kappa shape index (κ3) is 4.33. The Balaban J connectivity index is 1.56. The van der Waals surface area contributed by atoms with Crippen LogP contribution < -0.4 is 25.5 Å². The highest BCUT2D eigenvalue weighted by Crippen LogP contribution is 2.33. The van der Waals surface area contributed by atoms with Gasteiger partial charge in [0.15, 0.2) is 0 Å². The van der Waals surface area contributed by atoms with Gasteiger partial charge in [0.25, 0.3) is 0 Å². The second-order valence-corrected chi connectivity index (χ2v) is 7.27. The standard InChI is InChI=1S/C24H25N5O3/c1-16-22(26-10-11-30)15-29-24(16)23(17(13-25)14-27-29)28-18-6-8-19(9-7-18)32-21-5-3-4-20(12-21)31-2/h3-9,12,15,26-28,30H,10-11,14H2,1-2H3. The molecule has 1 aromatic heterocycles. The Morgan fingerprint density at radius 2 is 1.94 bits per heavy atom. The molecule has 2 heterocycles. The first-order valence-corrected chi connectivity index (χ1v) is 10.3. The lowest BCUT2D eigenvalue weighted by Crippen LogP contribution is -2.26. The van der Waals surface area contributed by atoms with Crippen LogP contribution in [0.3, 0.4) is 0 Å². The average Bonchev–Trinajstić information content (AvgIpc) is 3.15. The quantitative estimate of drug-likeness (QED) is 0.429. The molecule has 32 heavy (non-hydrogen) atoms. The van der Waals surface area contributed by atoms with Gasteiger partial charge in [-0.25, -0.2) is 0 Å². The molecule has 8 heteroatoms. The highest BCUT2D eigenvalue weighted by atomic mass is 16.5. The molecule has 164 valence electrons. The van der Waals surface area contributed by atoms with Crippen LogP contribution in [0, 0.1) is 18.3 Å². The van der Waals surface area contributed by atoms with Gasteiger partial charge in [0.1, 0.15) is 17.2 Å². The summed E-state index contributed by atoms with van der Waals surface area (Å²) < 4.78 is 13.0. The number of nitrogens with zero attached hydrogens (tertiary/aromatic N) is 2. The van der Waals surface area contributed by atoms with Gasteiger partial charge in [-0.05, 0) is 43.3 Å². The largest absolute Gasteiger partial charge is 0.497 e. The molecular weight excluding hydrogens is 406 g/mol. The lowest BCUT2D eigenvalue weighted by Gasteiger charge is -2.23. The zero-order chi connectivity index (χ0) is 22.5. The minimum atomic E-state index is 0.0436. The lowest BCUT2D eigenvalue weighted by atomic mass is 10.1. The fourth-order valence-corrected chi connectivity index (χ4v) is 3.58. The fraction of sp³-hybridized carbons (Fsp3) is 0.208. The Morgan fingerprint density at radius 3 is 2.66 bits per heavy atom. The van der Waals surface area contributed by atoms with E-state index in [-0.39, 0.29) is 6.61 Å². The number of fused-ring (bicyclic) bond motifs is 1. The predicted molar refractivity (Wildman–Crippen MR) is 125 cm³/mol. The third-order valence-corrected chi connectivity index (χ3v) is 5.19. The second-order valence-electron chi connectivity index (χ2n) is 7.27. The van der Waals surface area contributed by atoms with Crippen LogP contribution in [0.4, 0.5) is 11.4 Å². The molecule has 8 nitrogen and oxygen atoms in total. The van der Waals surface area contributed by atoms with Crippen molar-refractivity contribution >= 4 is 17.1 Å². The van der Waals surface area contributed by atoms with E-state index in [0.717, 1.165) is 34.1 Å². The minimum absolute atomic E-state index is 0.0436. The molecule has 1 aliphatic heterocycles. The van der Waals surface area contributed by atoms with Crippen LogP contribution >= 0.6 is 0 Å². The lowest BCUT2D eigenvalue weighted by molar-refractivity contribution is 0.311. The van der Waals surface area contributed by atoms with E-state index in [1.54, 1.807) is 7.11 Å². The summed E-state index contributed by atoms with van der Waals surface area (Å²) in [7, 11) is 1.62. The summed E-state index contributed by atoms with van der Waals surface area (Å²) in [6.45, 7) is 2.90. The summed E-state index contributed by atoms with van der Waals surface area (Å²) >= 11 is 0. The number of methoxy groups -OCH3 is 1. The van der Waals surface area contributed by atoms with E-state index in [9.17, 15) is 5.26 Å². The topological polar surface area (TPSA) is 104 Å². The van der Waals surface area contributed by atoms with Crippen molar-refractivity contribution in [2.24, 2.45) is 0 Å². The highest BCUT2D eigenvalue weighted by Gasteiger charge is 2.23. The van der Waals surface area contributed by atoms with Crippen molar-refractivity contribution in [2.45, 2.75) is 6.92 Å². The zero-order valence-electron chi connectivity index (χ0n) is 18.0. The van der Waals surface area contributed by atoms with Crippen molar-refractivity contribution in [3.63, 3.8) is 0 Å². The second kappa shape index (κ2) is 9.37. The van der Waals surface area contributed by atoms with E-state index < -0.39 is 0 Å². The van der Waals surface area contributed by atoms with Crippen molar-refractivity contribution in [2.75, 3.05) is 42.9 Å². The molecule has 2 aromatic carbocycles. The van der Waals surface area contributed by atoms with Crippen molar-refractivity contribution in [1.29, 1.82) is 5.26 Å². The van der Waals surface area contributed by atoms with Gasteiger partial charge < -0.3 is 30.6 Å². The Bertz CT molecular complexity index is 1180. The molecule has 4 rings (SSSR count). The van der Waals surface area contributed by atoms with E-state index in [4.69, 9.17) is 14.6 Å². The number of nitriles is 1. The summed E-state index contributed by atoms with van der Waals surface area (Å²) in [5.74, 6) is 2.11. The van der Waals surface area contributed by atoms with Gasteiger partial charge in [-0.15, -0.1) is 0 Å². The monoisotopic (exact) mass is 431 g/mol. The van der Waals surface area contributed by atoms with Gasteiger partial charge in [0.2, 0.25) is 0 Å². The summed E-state index contributed by atoms with van der Waals surface area (Å²) in [5, 5.41) is 25.4. The first-order chi connectivity index (χ1) is 15.6. The summed E-state index contributed by atoms with van der Waals surface area (Å²) in [6, 6.07) is 17.3. The van der Waals surface area contributed by atoms with E-state index in [0.29, 0.717) is 30.2 Å². The molecule has 0 fully saturated rings. The van der Waals surface area contributed by atoms with Crippen LogP contribution in [0.1, 0.15) is 11.3 Å². The number of hydrogen-bond donors (Lipinski definition) is 4. The molecule has 1 aliphatic rings. The number of ether oxygens (including phenoxy) is 2. The zero-order valence-corrected chi connectivity index (χ0v) is 18.0. The number of benzene rings is 2. The van der Waals surface area contributed by atoms with Gasteiger partial charge in [-0.3, -0.25) is 4.68 Å². The van der Waals surface area contributed by atoms with Crippen molar-refractivity contribution in [3.05, 3.63) is 71.6 Å². The number of aliphatic hydroxyl groups excluding tert-OH is 1. The van der Waals surface area contributed by atoms with Crippen LogP contribution in [-0.2, 0) is 0 Å². The Morgan fingerprint density at radius 1 is 1.16 bits per heavy atom. The molecule has 0 radical (unpaired) electrons. The summed E-state index contributed by atoms with van der Waals surface area (Å²) in [4.78, 5) is 0. The van der Waals surface area contributed by atoms with Crippen LogP contribution in [-0.4, -0.2) is 36.6 Å². The third-order valence-electron chi connectivity index (χ3n) is 5.19. The van der Waals surface area contributed by atoms with E-state index in [1.165, 1.54) is 0 Å². The molecular formula is C24H25N5O3. The fourth-order valence-electron chi connectivity index (χ4n) is 3.58. The van der Waals surface area contributed by atoms with Gasteiger partial charge >= 0.3 is 0 Å². The number of hydrogen-bond acceptors (Lipinski definition) is 7. The maximum Gasteiger partial charge on any atom is 0.131 e. The predicted octanol–water partition coefficient (Wildman–Crippen LogP) is 3.91. The van der Waals surface area contributed by atoms with Gasteiger partial charge in [-0.1, -0.05) is 6.07 Å². The Labute approximate surface area is 186 Å². The van der Waals surface area contributed by atoms with E-state index >= 15 is 0 Å². The highest BCUT2D eigenvalue weighted by molar-refractivity contribution is 5.85. The molecule has 0 spiro atoms. The molecule has 3 aromatic rings. The van der Waals surface area contributed by atoms with Crippen molar-refractivity contribution in [3.8, 4) is 23.3 Å². The SMILES string of the molecule is COc1cccc(Oc2ccc(NC3=C(C#N)CNn4cc(NCCO)c(C)c43)cc2)c1. The molecule has 0 unspecified atom stereocenters. The average molecular weight is 431 g/mol. The smallest absolute Gasteiger partial charge is 0.131 e. The minimum Gasteiger partial charge on any atom is -0.497 e. The van der Waals surface area contributed by atoms with Crippen LogP contribution in [0.15, 0.2) is 60.3 Å². The summed E-state index contributed by atoms with van der Waals surface area (Å²) in [5.41, 5.74) is 8.20. The molecule has 0 saturated carbocycles. The number of aromatic nitrogens is 1.